The topological polar surface area (TPSA) is 95.1 Å². The van der Waals surface area contributed by atoms with E-state index in [1.165, 1.54) is 16.4 Å². The molecule has 27 heavy (non-hydrogen) atoms. The normalized spacial score (nSPS) is 11.8. The van der Waals surface area contributed by atoms with Crippen LogP contribution >= 0.6 is 23.4 Å². The lowest BCUT2D eigenvalue weighted by Gasteiger charge is -2.11. The average Bonchev–Trinajstić information content (AvgIpc) is 3.04. The number of amides is 1. The van der Waals surface area contributed by atoms with Gasteiger partial charge in [0.05, 0.1) is 12.4 Å². The Labute approximate surface area is 165 Å². The van der Waals surface area contributed by atoms with Crippen LogP contribution in [0.2, 0.25) is 5.02 Å². The highest BCUT2D eigenvalue weighted by molar-refractivity contribution is 8.00. The predicted molar refractivity (Wildman–Crippen MR) is 108 cm³/mol. The summed E-state index contributed by atoms with van der Waals surface area (Å²) in [5.74, 6) is 7.19. The third-order valence-electron chi connectivity index (χ3n) is 3.78. The van der Waals surface area contributed by atoms with E-state index in [0.717, 1.165) is 11.3 Å². The summed E-state index contributed by atoms with van der Waals surface area (Å²) >= 11 is 7.08. The first-order valence-electron chi connectivity index (χ1n) is 8.06. The van der Waals surface area contributed by atoms with Crippen LogP contribution in [0.3, 0.4) is 0 Å². The van der Waals surface area contributed by atoms with E-state index < -0.39 is 5.25 Å². The molecule has 0 saturated carbocycles. The Kier molecular flexibility index (Phi) is 5.88. The molecule has 3 N–H and O–H groups in total. The van der Waals surface area contributed by atoms with Crippen LogP contribution in [0.1, 0.15) is 6.92 Å². The van der Waals surface area contributed by atoms with Crippen molar-refractivity contribution >= 4 is 35.0 Å². The fraction of sp³-hybridized carbons (Fsp3) is 0.167. The molecule has 9 heteroatoms. The summed E-state index contributed by atoms with van der Waals surface area (Å²) in [6.07, 6.45) is 0. The van der Waals surface area contributed by atoms with Gasteiger partial charge in [0.15, 0.2) is 5.82 Å². The summed E-state index contributed by atoms with van der Waals surface area (Å²) in [5.41, 5.74) is 1.47. The van der Waals surface area contributed by atoms with Crippen molar-refractivity contribution in [1.29, 1.82) is 0 Å². The summed E-state index contributed by atoms with van der Waals surface area (Å²) < 4.78 is 6.52. The highest BCUT2D eigenvalue weighted by atomic mass is 35.5. The number of nitrogens with zero attached hydrogens (tertiary/aromatic N) is 3. The Hall–Kier alpha value is -2.71. The van der Waals surface area contributed by atoms with Gasteiger partial charge in [-0.25, -0.2) is 4.68 Å². The van der Waals surface area contributed by atoms with Crippen LogP contribution < -0.4 is 15.9 Å². The van der Waals surface area contributed by atoms with E-state index in [9.17, 15) is 4.79 Å². The third kappa shape index (κ3) is 4.53. The standard InChI is InChI=1S/C18H18ClN5O2S/c1-11(17(25)21-14-7-5-13(19)6-8-14)27-18-23-22-16(24(18)20)12-3-9-15(26-2)10-4-12/h3-11H,20H2,1-2H3,(H,21,25). The van der Waals surface area contributed by atoms with Gasteiger partial charge in [-0.1, -0.05) is 23.4 Å². The summed E-state index contributed by atoms with van der Waals surface area (Å²) in [6.45, 7) is 1.78. The number of methoxy groups -OCH3 is 1. The lowest BCUT2D eigenvalue weighted by atomic mass is 10.2. The molecule has 3 rings (SSSR count). The van der Waals surface area contributed by atoms with Gasteiger partial charge in [0, 0.05) is 16.3 Å². The molecule has 0 radical (unpaired) electrons. The molecule has 0 aliphatic carbocycles. The zero-order valence-corrected chi connectivity index (χ0v) is 16.3. The number of nitrogen functional groups attached to an aromatic ring is 1. The monoisotopic (exact) mass is 403 g/mol. The van der Waals surface area contributed by atoms with Gasteiger partial charge in [0.2, 0.25) is 11.1 Å². The summed E-state index contributed by atoms with van der Waals surface area (Å²) in [7, 11) is 1.60. The van der Waals surface area contributed by atoms with Crippen molar-refractivity contribution in [2.75, 3.05) is 18.3 Å². The molecule has 0 aliphatic rings. The Morgan fingerprint density at radius 2 is 1.85 bits per heavy atom. The molecule has 0 aliphatic heterocycles. The van der Waals surface area contributed by atoms with Crippen LogP contribution in [0, 0.1) is 0 Å². The fourth-order valence-corrected chi connectivity index (χ4v) is 3.18. The number of thioether (sulfide) groups is 1. The number of benzene rings is 2. The molecule has 0 bridgehead atoms. The van der Waals surface area contributed by atoms with Crippen LogP contribution in [0.25, 0.3) is 11.4 Å². The van der Waals surface area contributed by atoms with Crippen molar-refractivity contribution in [3.8, 4) is 17.1 Å². The van der Waals surface area contributed by atoms with Gasteiger partial charge in [-0.05, 0) is 55.5 Å². The molecular formula is C18H18ClN5O2S. The number of nitrogens with one attached hydrogen (secondary N) is 1. The van der Waals surface area contributed by atoms with Crippen LogP contribution in [0.15, 0.2) is 53.7 Å². The van der Waals surface area contributed by atoms with E-state index in [4.69, 9.17) is 22.2 Å². The molecule has 1 amide bonds. The van der Waals surface area contributed by atoms with E-state index in [1.807, 2.05) is 24.3 Å². The highest BCUT2D eigenvalue weighted by Crippen LogP contribution is 2.26. The third-order valence-corrected chi connectivity index (χ3v) is 5.08. The minimum Gasteiger partial charge on any atom is -0.497 e. The minimum absolute atomic E-state index is 0.170. The van der Waals surface area contributed by atoms with Crippen LogP contribution in [-0.4, -0.2) is 33.1 Å². The van der Waals surface area contributed by atoms with Crippen molar-refractivity contribution in [3.63, 3.8) is 0 Å². The second-order valence-electron chi connectivity index (χ2n) is 5.66. The zero-order chi connectivity index (χ0) is 19.4. The second kappa shape index (κ2) is 8.32. The van der Waals surface area contributed by atoms with Gasteiger partial charge >= 0.3 is 0 Å². The highest BCUT2D eigenvalue weighted by Gasteiger charge is 2.20. The first kappa shape index (κ1) is 19.1. The maximum atomic E-state index is 12.4. The first-order valence-corrected chi connectivity index (χ1v) is 9.31. The zero-order valence-electron chi connectivity index (χ0n) is 14.7. The van der Waals surface area contributed by atoms with Crippen LogP contribution in [0.4, 0.5) is 5.69 Å². The molecular weight excluding hydrogens is 386 g/mol. The first-order chi connectivity index (χ1) is 13.0. The quantitative estimate of drug-likeness (QED) is 0.483. The molecule has 140 valence electrons. The van der Waals surface area contributed by atoms with Crippen molar-refractivity contribution in [2.24, 2.45) is 0 Å². The van der Waals surface area contributed by atoms with Crippen LogP contribution in [0.5, 0.6) is 5.75 Å². The smallest absolute Gasteiger partial charge is 0.237 e. The molecule has 1 unspecified atom stereocenters. The second-order valence-corrected chi connectivity index (χ2v) is 7.41. The fourth-order valence-electron chi connectivity index (χ4n) is 2.28. The van der Waals surface area contributed by atoms with E-state index in [2.05, 4.69) is 15.5 Å². The maximum Gasteiger partial charge on any atom is 0.237 e. The van der Waals surface area contributed by atoms with Gasteiger partial charge in [0.1, 0.15) is 5.75 Å². The number of anilines is 1. The lowest BCUT2D eigenvalue weighted by molar-refractivity contribution is -0.115. The summed E-state index contributed by atoms with van der Waals surface area (Å²) in [6, 6.07) is 14.2. The van der Waals surface area contributed by atoms with E-state index >= 15 is 0 Å². The van der Waals surface area contributed by atoms with Gasteiger partial charge in [-0.3, -0.25) is 4.79 Å². The van der Waals surface area contributed by atoms with Gasteiger partial charge in [0.25, 0.3) is 0 Å². The molecule has 1 aromatic heterocycles. The molecule has 1 atom stereocenters. The van der Waals surface area contributed by atoms with Crippen molar-refractivity contribution in [1.82, 2.24) is 14.9 Å². The number of hydrogen-bond donors (Lipinski definition) is 2. The van der Waals surface area contributed by atoms with Crippen molar-refractivity contribution in [2.45, 2.75) is 17.3 Å². The summed E-state index contributed by atoms with van der Waals surface area (Å²) in [5, 5.41) is 11.7. The molecule has 0 fully saturated rings. The Morgan fingerprint density at radius 1 is 1.19 bits per heavy atom. The lowest BCUT2D eigenvalue weighted by Crippen LogP contribution is -2.23. The molecule has 7 nitrogen and oxygen atoms in total. The predicted octanol–water partition coefficient (Wildman–Crippen LogP) is 3.44. The number of rotatable bonds is 6. The number of carbonyl (C=O) groups is 1. The number of aromatic nitrogens is 3. The van der Waals surface area contributed by atoms with Crippen molar-refractivity contribution in [3.05, 3.63) is 53.6 Å². The van der Waals surface area contributed by atoms with Gasteiger partial charge in [-0.15, -0.1) is 10.2 Å². The Bertz CT molecular complexity index is 928. The number of hydrogen-bond acceptors (Lipinski definition) is 6. The number of carbonyl (C=O) groups excluding carboxylic acids is 1. The van der Waals surface area contributed by atoms with Gasteiger partial charge < -0.3 is 15.9 Å². The van der Waals surface area contributed by atoms with E-state index in [0.29, 0.717) is 21.7 Å². The van der Waals surface area contributed by atoms with Gasteiger partial charge in [-0.2, -0.15) is 0 Å². The maximum absolute atomic E-state index is 12.4. The number of halogens is 1. The Morgan fingerprint density at radius 3 is 2.48 bits per heavy atom. The van der Waals surface area contributed by atoms with Crippen LogP contribution in [-0.2, 0) is 4.79 Å². The largest absolute Gasteiger partial charge is 0.497 e. The number of nitrogens with two attached hydrogens (primary N) is 1. The molecule has 0 spiro atoms. The Balaban J connectivity index is 1.68. The SMILES string of the molecule is COc1ccc(-c2nnc(SC(C)C(=O)Nc3ccc(Cl)cc3)n2N)cc1. The average molecular weight is 404 g/mol. The summed E-state index contributed by atoms with van der Waals surface area (Å²) in [4.78, 5) is 12.4. The molecule has 1 heterocycles. The minimum atomic E-state index is -0.420. The molecule has 0 saturated heterocycles. The molecule has 3 aromatic rings. The molecule has 2 aromatic carbocycles. The van der Waals surface area contributed by atoms with Crippen molar-refractivity contribution < 1.29 is 9.53 Å². The number of ether oxygens (including phenoxy) is 1. The van der Waals surface area contributed by atoms with E-state index in [-0.39, 0.29) is 5.91 Å². The van der Waals surface area contributed by atoms with E-state index in [1.54, 1.807) is 38.3 Å².